The van der Waals surface area contributed by atoms with Crippen LogP contribution in [0, 0.1) is 5.92 Å². The molecule has 3 atom stereocenters. The van der Waals surface area contributed by atoms with Gasteiger partial charge in [-0.15, -0.1) is 0 Å². The number of fused-ring (bicyclic) bond motifs is 1. The Morgan fingerprint density at radius 2 is 1.44 bits per heavy atom. The van der Waals surface area contributed by atoms with Gasteiger partial charge in [-0.25, -0.2) is 0 Å². The second kappa shape index (κ2) is 3.98. The van der Waals surface area contributed by atoms with Gasteiger partial charge in [0.2, 0.25) is 0 Å². The highest BCUT2D eigenvalue weighted by Crippen LogP contribution is 2.53. The number of benzene rings is 2. The van der Waals surface area contributed by atoms with Crippen molar-refractivity contribution in [3.63, 3.8) is 0 Å². The fraction of sp³-hybridized carbons (Fsp3) is 0.333. The number of hydrogen-bond donors (Lipinski definition) is 0. The summed E-state index contributed by atoms with van der Waals surface area (Å²) in [4.78, 5) is 0. The standard InChI is InChI=1S/C18H20/c1-13-14(2)18(3,15-9-5-4-6-10-15)17-12-8-7-11-16(13)17/h4-14H,1-3H3. The Morgan fingerprint density at radius 3 is 2.17 bits per heavy atom. The minimum absolute atomic E-state index is 0.150. The molecule has 92 valence electrons. The highest BCUT2D eigenvalue weighted by atomic mass is 14.5. The van der Waals surface area contributed by atoms with Crippen LogP contribution in [0.5, 0.6) is 0 Å². The Kier molecular flexibility index (Phi) is 2.55. The normalized spacial score (nSPS) is 30.2. The lowest BCUT2D eigenvalue weighted by atomic mass is 9.70. The summed E-state index contributed by atoms with van der Waals surface area (Å²) < 4.78 is 0. The van der Waals surface area contributed by atoms with Crippen molar-refractivity contribution in [1.29, 1.82) is 0 Å². The second-order valence-corrected chi connectivity index (χ2v) is 5.73. The lowest BCUT2D eigenvalue weighted by Gasteiger charge is -2.32. The average molecular weight is 236 g/mol. The van der Waals surface area contributed by atoms with E-state index in [2.05, 4.69) is 75.4 Å². The molecule has 0 amide bonds. The zero-order chi connectivity index (χ0) is 12.8. The van der Waals surface area contributed by atoms with E-state index in [1.54, 1.807) is 0 Å². The highest BCUT2D eigenvalue weighted by Gasteiger charge is 2.45. The first kappa shape index (κ1) is 11.5. The second-order valence-electron chi connectivity index (χ2n) is 5.73. The van der Waals surface area contributed by atoms with Crippen LogP contribution in [0.1, 0.15) is 43.4 Å². The SMILES string of the molecule is CC1c2ccccc2C(C)(c2ccccc2)C1C. The van der Waals surface area contributed by atoms with E-state index in [9.17, 15) is 0 Å². The van der Waals surface area contributed by atoms with Gasteiger partial charge < -0.3 is 0 Å². The summed E-state index contributed by atoms with van der Waals surface area (Å²) in [5.41, 5.74) is 4.62. The molecule has 0 radical (unpaired) electrons. The van der Waals surface area contributed by atoms with Gasteiger partial charge in [0.1, 0.15) is 0 Å². The lowest BCUT2D eigenvalue weighted by molar-refractivity contribution is 0.369. The summed E-state index contributed by atoms with van der Waals surface area (Å²) in [7, 11) is 0. The van der Waals surface area contributed by atoms with Gasteiger partial charge in [-0.1, -0.05) is 75.4 Å². The molecule has 2 aromatic rings. The molecule has 0 N–H and O–H groups in total. The van der Waals surface area contributed by atoms with Gasteiger partial charge in [0.05, 0.1) is 0 Å². The molecule has 1 aliphatic carbocycles. The van der Waals surface area contributed by atoms with Crippen LogP contribution in [0.4, 0.5) is 0 Å². The summed E-state index contributed by atoms with van der Waals surface area (Å²) in [5.74, 6) is 1.27. The van der Waals surface area contributed by atoms with Crippen LogP contribution < -0.4 is 0 Å². The first-order valence-corrected chi connectivity index (χ1v) is 6.80. The van der Waals surface area contributed by atoms with Crippen LogP contribution >= 0.6 is 0 Å². The van der Waals surface area contributed by atoms with Gasteiger partial charge in [0.25, 0.3) is 0 Å². The summed E-state index contributed by atoms with van der Waals surface area (Å²) in [6.45, 7) is 7.14. The molecule has 18 heavy (non-hydrogen) atoms. The molecule has 1 aliphatic rings. The van der Waals surface area contributed by atoms with Crippen molar-refractivity contribution in [3.05, 3.63) is 71.3 Å². The Balaban J connectivity index is 2.24. The van der Waals surface area contributed by atoms with Gasteiger partial charge in [0.15, 0.2) is 0 Å². The quantitative estimate of drug-likeness (QED) is 0.670. The average Bonchev–Trinajstić information content (AvgIpc) is 2.64. The summed E-state index contributed by atoms with van der Waals surface area (Å²) >= 11 is 0. The maximum Gasteiger partial charge on any atom is 0.0208 e. The molecular formula is C18H20. The van der Waals surface area contributed by atoms with E-state index in [1.807, 2.05) is 0 Å². The van der Waals surface area contributed by atoms with E-state index in [0.29, 0.717) is 11.8 Å². The van der Waals surface area contributed by atoms with Crippen molar-refractivity contribution in [3.8, 4) is 0 Å². The first-order valence-electron chi connectivity index (χ1n) is 6.80. The third-order valence-corrected chi connectivity index (χ3v) is 5.05. The fourth-order valence-corrected chi connectivity index (χ4v) is 3.58. The molecule has 0 heterocycles. The van der Waals surface area contributed by atoms with Gasteiger partial charge in [0, 0.05) is 5.41 Å². The predicted octanol–water partition coefficient (Wildman–Crippen LogP) is 4.75. The molecule has 0 heteroatoms. The zero-order valence-corrected chi connectivity index (χ0v) is 11.4. The molecule has 0 saturated carbocycles. The maximum absolute atomic E-state index is 2.40. The van der Waals surface area contributed by atoms with Crippen LogP contribution in [0.15, 0.2) is 54.6 Å². The molecule has 0 aliphatic heterocycles. The van der Waals surface area contributed by atoms with Crippen molar-refractivity contribution < 1.29 is 0 Å². The Bertz CT molecular complexity index is 555. The van der Waals surface area contributed by atoms with Crippen LogP contribution in [0.2, 0.25) is 0 Å². The Labute approximate surface area is 110 Å². The monoisotopic (exact) mass is 236 g/mol. The van der Waals surface area contributed by atoms with Crippen molar-refractivity contribution in [2.45, 2.75) is 32.1 Å². The van der Waals surface area contributed by atoms with E-state index in [0.717, 1.165) is 0 Å². The molecular weight excluding hydrogens is 216 g/mol. The third kappa shape index (κ3) is 1.38. The van der Waals surface area contributed by atoms with Gasteiger partial charge >= 0.3 is 0 Å². The lowest BCUT2D eigenvalue weighted by Crippen LogP contribution is -2.28. The Morgan fingerprint density at radius 1 is 0.833 bits per heavy atom. The zero-order valence-electron chi connectivity index (χ0n) is 11.4. The molecule has 2 aromatic carbocycles. The fourth-order valence-electron chi connectivity index (χ4n) is 3.58. The van der Waals surface area contributed by atoms with E-state index >= 15 is 0 Å². The van der Waals surface area contributed by atoms with Crippen molar-refractivity contribution in [2.75, 3.05) is 0 Å². The smallest absolute Gasteiger partial charge is 0.0208 e. The van der Waals surface area contributed by atoms with E-state index < -0.39 is 0 Å². The van der Waals surface area contributed by atoms with Crippen molar-refractivity contribution >= 4 is 0 Å². The molecule has 0 nitrogen and oxygen atoms in total. The van der Waals surface area contributed by atoms with Crippen molar-refractivity contribution in [2.24, 2.45) is 5.92 Å². The highest BCUT2D eigenvalue weighted by molar-refractivity contribution is 5.50. The molecule has 3 unspecified atom stereocenters. The third-order valence-electron chi connectivity index (χ3n) is 5.05. The summed E-state index contributed by atoms with van der Waals surface area (Å²) in [5, 5.41) is 0. The molecule has 0 aromatic heterocycles. The topological polar surface area (TPSA) is 0 Å². The molecule has 0 bridgehead atoms. The summed E-state index contributed by atoms with van der Waals surface area (Å²) in [6, 6.07) is 19.9. The Hall–Kier alpha value is -1.56. The van der Waals surface area contributed by atoms with Gasteiger partial charge in [-0.3, -0.25) is 0 Å². The number of hydrogen-bond acceptors (Lipinski definition) is 0. The van der Waals surface area contributed by atoms with E-state index in [-0.39, 0.29) is 5.41 Å². The minimum atomic E-state index is 0.150. The van der Waals surface area contributed by atoms with Crippen molar-refractivity contribution in [1.82, 2.24) is 0 Å². The molecule has 0 saturated heterocycles. The maximum atomic E-state index is 2.40. The van der Waals surface area contributed by atoms with Crippen LogP contribution in [-0.2, 0) is 5.41 Å². The molecule has 0 spiro atoms. The van der Waals surface area contributed by atoms with Crippen LogP contribution in [0.25, 0.3) is 0 Å². The van der Waals surface area contributed by atoms with E-state index in [4.69, 9.17) is 0 Å². The molecule has 0 fully saturated rings. The first-order chi connectivity index (χ1) is 8.65. The van der Waals surface area contributed by atoms with Gasteiger partial charge in [-0.05, 0) is 28.5 Å². The van der Waals surface area contributed by atoms with Crippen LogP contribution in [-0.4, -0.2) is 0 Å². The molecule has 3 rings (SSSR count). The number of rotatable bonds is 1. The van der Waals surface area contributed by atoms with E-state index in [1.165, 1.54) is 16.7 Å². The van der Waals surface area contributed by atoms with Gasteiger partial charge in [-0.2, -0.15) is 0 Å². The predicted molar refractivity (Wildman–Crippen MR) is 76.9 cm³/mol. The van der Waals surface area contributed by atoms with Crippen LogP contribution in [0.3, 0.4) is 0 Å². The summed E-state index contributed by atoms with van der Waals surface area (Å²) in [6.07, 6.45) is 0. The minimum Gasteiger partial charge on any atom is -0.0622 e. The largest absolute Gasteiger partial charge is 0.0622 e.